The molecule has 1 amide bonds. The van der Waals surface area contributed by atoms with Crippen LogP contribution < -0.4 is 5.32 Å². The van der Waals surface area contributed by atoms with Gasteiger partial charge in [0.15, 0.2) is 0 Å². The average Bonchev–Trinajstić information content (AvgIpc) is 2.04. The van der Waals surface area contributed by atoms with Crippen molar-refractivity contribution in [3.05, 3.63) is 0 Å². The summed E-state index contributed by atoms with van der Waals surface area (Å²) in [7, 11) is 0. The van der Waals surface area contributed by atoms with Gasteiger partial charge in [-0.3, -0.25) is 4.79 Å². The molecule has 1 N–H and O–H groups in total. The highest BCUT2D eigenvalue weighted by molar-refractivity contribution is 5.79. The number of carbonyl (C=O) groups excluding carboxylic acids is 1. The quantitative estimate of drug-likeness (QED) is 0.620. The zero-order valence-corrected chi connectivity index (χ0v) is 7.26. The Kier molecular flexibility index (Phi) is 2.88. The van der Waals surface area contributed by atoms with Crippen LogP contribution in [0.3, 0.4) is 0 Å². The van der Waals surface area contributed by atoms with E-state index in [1.54, 1.807) is 0 Å². The first kappa shape index (κ1) is 8.53. The van der Waals surface area contributed by atoms with Gasteiger partial charge in [-0.25, -0.2) is 0 Å². The van der Waals surface area contributed by atoms with E-state index in [0.717, 1.165) is 19.5 Å². The fourth-order valence-electron chi connectivity index (χ4n) is 1.31. The van der Waals surface area contributed by atoms with Gasteiger partial charge in [-0.15, -0.1) is 0 Å². The first-order valence-electron chi connectivity index (χ1n) is 4.26. The van der Waals surface area contributed by atoms with Gasteiger partial charge in [0.05, 0.1) is 6.54 Å². The molecule has 0 aromatic carbocycles. The van der Waals surface area contributed by atoms with Crippen LogP contribution in [0.4, 0.5) is 0 Å². The molecular weight excluding hydrogens is 140 g/mol. The second-order valence-electron chi connectivity index (χ2n) is 3.02. The van der Waals surface area contributed by atoms with Gasteiger partial charge in [-0.05, 0) is 13.3 Å². The first-order chi connectivity index (χ1) is 5.25. The van der Waals surface area contributed by atoms with Crippen molar-refractivity contribution in [2.75, 3.05) is 19.6 Å². The van der Waals surface area contributed by atoms with E-state index >= 15 is 0 Å². The Morgan fingerprint density at radius 3 is 3.00 bits per heavy atom. The number of amides is 1. The molecule has 1 saturated heterocycles. The van der Waals surface area contributed by atoms with Crippen molar-refractivity contribution >= 4 is 5.91 Å². The molecule has 1 atom stereocenters. The van der Waals surface area contributed by atoms with Crippen molar-refractivity contribution in [2.45, 2.75) is 26.3 Å². The maximum absolute atomic E-state index is 11.3. The smallest absolute Gasteiger partial charge is 0.236 e. The summed E-state index contributed by atoms with van der Waals surface area (Å²) in [5.74, 6) is 0.241. The Balaban J connectivity index is 2.47. The molecule has 1 rings (SSSR count). The highest BCUT2D eigenvalue weighted by Crippen LogP contribution is 2.04. The van der Waals surface area contributed by atoms with Gasteiger partial charge in [-0.2, -0.15) is 0 Å². The predicted molar refractivity (Wildman–Crippen MR) is 44.3 cm³/mol. The zero-order chi connectivity index (χ0) is 8.27. The Bertz CT molecular complexity index is 147. The normalized spacial score (nSPS) is 22.0. The molecule has 1 aliphatic heterocycles. The summed E-state index contributed by atoms with van der Waals surface area (Å²) < 4.78 is 0. The fourth-order valence-corrected chi connectivity index (χ4v) is 1.31. The van der Waals surface area contributed by atoms with Gasteiger partial charge in [0.2, 0.25) is 5.91 Å². The summed E-state index contributed by atoms with van der Waals surface area (Å²) in [4.78, 5) is 13.2. The summed E-state index contributed by atoms with van der Waals surface area (Å²) >= 11 is 0. The summed E-state index contributed by atoms with van der Waals surface area (Å²) in [6.45, 7) is 6.54. The molecule has 1 fully saturated rings. The maximum Gasteiger partial charge on any atom is 0.236 e. The summed E-state index contributed by atoms with van der Waals surface area (Å²) in [5, 5.41) is 3.05. The molecule has 0 aliphatic carbocycles. The Hall–Kier alpha value is -0.570. The number of piperazine rings is 1. The highest BCUT2D eigenvalue weighted by atomic mass is 16.2. The molecular formula is C8H16N2O. The molecule has 3 nitrogen and oxygen atoms in total. The molecule has 0 aromatic rings. The van der Waals surface area contributed by atoms with Crippen LogP contribution in [0.5, 0.6) is 0 Å². The van der Waals surface area contributed by atoms with Crippen LogP contribution in [0.15, 0.2) is 0 Å². The Labute approximate surface area is 67.8 Å². The topological polar surface area (TPSA) is 32.3 Å². The third kappa shape index (κ3) is 1.93. The maximum atomic E-state index is 11.3. The molecule has 0 unspecified atom stereocenters. The van der Waals surface area contributed by atoms with Crippen LogP contribution in [-0.4, -0.2) is 36.5 Å². The molecule has 0 aromatic heterocycles. The number of hydrogen-bond donors (Lipinski definition) is 1. The SMILES string of the molecule is CC[C@H](C)N1CCNCC1=O. The molecule has 11 heavy (non-hydrogen) atoms. The van der Waals surface area contributed by atoms with Crippen LogP contribution in [0.1, 0.15) is 20.3 Å². The van der Waals surface area contributed by atoms with E-state index in [1.807, 2.05) is 4.90 Å². The van der Waals surface area contributed by atoms with Crippen molar-refractivity contribution in [3.8, 4) is 0 Å². The third-order valence-electron chi connectivity index (χ3n) is 2.25. The van der Waals surface area contributed by atoms with E-state index in [0.29, 0.717) is 12.6 Å². The number of hydrogen-bond acceptors (Lipinski definition) is 2. The molecule has 1 heterocycles. The fraction of sp³-hybridized carbons (Fsp3) is 0.875. The van der Waals surface area contributed by atoms with Gasteiger partial charge in [0.25, 0.3) is 0 Å². The van der Waals surface area contributed by atoms with Gasteiger partial charge in [0, 0.05) is 19.1 Å². The highest BCUT2D eigenvalue weighted by Gasteiger charge is 2.20. The largest absolute Gasteiger partial charge is 0.338 e. The Morgan fingerprint density at radius 2 is 2.45 bits per heavy atom. The lowest BCUT2D eigenvalue weighted by molar-refractivity contribution is -0.134. The van der Waals surface area contributed by atoms with Gasteiger partial charge < -0.3 is 10.2 Å². The Morgan fingerprint density at radius 1 is 1.73 bits per heavy atom. The van der Waals surface area contributed by atoms with Crippen molar-refractivity contribution in [1.29, 1.82) is 0 Å². The lowest BCUT2D eigenvalue weighted by Gasteiger charge is -2.32. The van der Waals surface area contributed by atoms with Crippen LogP contribution in [0.2, 0.25) is 0 Å². The number of rotatable bonds is 2. The number of nitrogens with zero attached hydrogens (tertiary/aromatic N) is 1. The monoisotopic (exact) mass is 156 g/mol. The molecule has 1 aliphatic rings. The predicted octanol–water partition coefficient (Wildman–Crippen LogP) is 0.217. The number of carbonyl (C=O) groups is 1. The average molecular weight is 156 g/mol. The minimum absolute atomic E-state index is 0.241. The van der Waals surface area contributed by atoms with Crippen LogP contribution in [0.25, 0.3) is 0 Å². The molecule has 0 radical (unpaired) electrons. The van der Waals surface area contributed by atoms with E-state index in [4.69, 9.17) is 0 Å². The van der Waals surface area contributed by atoms with E-state index < -0.39 is 0 Å². The van der Waals surface area contributed by atoms with E-state index in [1.165, 1.54) is 0 Å². The minimum Gasteiger partial charge on any atom is -0.338 e. The van der Waals surface area contributed by atoms with Crippen molar-refractivity contribution < 1.29 is 4.79 Å². The van der Waals surface area contributed by atoms with Gasteiger partial charge in [-0.1, -0.05) is 6.92 Å². The van der Waals surface area contributed by atoms with Crippen LogP contribution in [0, 0.1) is 0 Å². The summed E-state index contributed by atoms with van der Waals surface area (Å²) in [6, 6.07) is 0.407. The van der Waals surface area contributed by atoms with E-state index in [-0.39, 0.29) is 5.91 Å². The summed E-state index contributed by atoms with van der Waals surface area (Å²) in [6.07, 6.45) is 1.05. The number of nitrogens with one attached hydrogen (secondary N) is 1. The second kappa shape index (κ2) is 3.72. The van der Waals surface area contributed by atoms with Gasteiger partial charge >= 0.3 is 0 Å². The minimum atomic E-state index is 0.241. The molecule has 64 valence electrons. The summed E-state index contributed by atoms with van der Waals surface area (Å²) in [5.41, 5.74) is 0. The van der Waals surface area contributed by atoms with E-state index in [2.05, 4.69) is 19.2 Å². The van der Waals surface area contributed by atoms with E-state index in [9.17, 15) is 4.79 Å². The molecule has 3 heteroatoms. The lowest BCUT2D eigenvalue weighted by Crippen LogP contribution is -2.51. The zero-order valence-electron chi connectivity index (χ0n) is 7.26. The van der Waals surface area contributed by atoms with Crippen molar-refractivity contribution in [2.24, 2.45) is 0 Å². The third-order valence-corrected chi connectivity index (χ3v) is 2.25. The molecule has 0 saturated carbocycles. The second-order valence-corrected chi connectivity index (χ2v) is 3.02. The lowest BCUT2D eigenvalue weighted by atomic mass is 10.2. The van der Waals surface area contributed by atoms with Gasteiger partial charge in [0.1, 0.15) is 0 Å². The van der Waals surface area contributed by atoms with Crippen LogP contribution in [-0.2, 0) is 4.79 Å². The molecule has 0 bridgehead atoms. The van der Waals surface area contributed by atoms with Crippen molar-refractivity contribution in [1.82, 2.24) is 10.2 Å². The van der Waals surface area contributed by atoms with Crippen LogP contribution >= 0.6 is 0 Å². The molecule has 0 spiro atoms. The first-order valence-corrected chi connectivity index (χ1v) is 4.26. The standard InChI is InChI=1S/C8H16N2O/c1-3-7(2)10-5-4-9-6-8(10)11/h7,9H,3-6H2,1-2H3/t7-/m0/s1. The van der Waals surface area contributed by atoms with Crippen molar-refractivity contribution in [3.63, 3.8) is 0 Å².